The van der Waals surface area contributed by atoms with E-state index in [-0.39, 0.29) is 11.6 Å². The molecule has 1 fully saturated rings. The maximum Gasteiger partial charge on any atom is 0.495 e. The summed E-state index contributed by atoms with van der Waals surface area (Å²) in [5, 5.41) is -0.884. The lowest BCUT2D eigenvalue weighted by atomic mass is 9.68. The Morgan fingerprint density at radius 3 is 1.60 bits per heavy atom. The molecular weight excluding hydrogens is 633 g/mol. The highest BCUT2D eigenvalue weighted by atomic mass is 28.4. The largest absolute Gasteiger partial charge is 0.495 e. The second-order valence-electron chi connectivity index (χ2n) is 15.4. The first-order chi connectivity index (χ1) is 21.1. The normalized spacial score (nSPS) is 18.0. The van der Waals surface area contributed by atoms with Gasteiger partial charge in [0.1, 0.15) is 0 Å². The number of aryl methyl sites for hydroxylation is 2. The van der Waals surface area contributed by atoms with Gasteiger partial charge in [0.15, 0.2) is 8.32 Å². The molecule has 2 aromatic rings. The van der Waals surface area contributed by atoms with E-state index in [0.29, 0.717) is 5.56 Å². The molecule has 1 aliphatic heterocycles. The third kappa shape index (κ3) is 7.15. The van der Waals surface area contributed by atoms with Crippen LogP contribution in [0.4, 0.5) is 26.3 Å². The molecule has 0 N–H and O–H groups in total. The summed E-state index contributed by atoms with van der Waals surface area (Å²) in [4.78, 5) is 0. The van der Waals surface area contributed by atoms with Crippen LogP contribution in [0.5, 0.6) is 0 Å². The minimum Gasteiger partial charge on any atom is -0.399 e. The topological polar surface area (TPSA) is 27.7 Å². The Labute approximate surface area is 278 Å². The van der Waals surface area contributed by atoms with Crippen molar-refractivity contribution in [2.45, 2.75) is 142 Å². The van der Waals surface area contributed by atoms with E-state index in [2.05, 4.69) is 26.0 Å². The minimum absolute atomic E-state index is 0.153. The molecule has 0 saturated carbocycles. The summed E-state index contributed by atoms with van der Waals surface area (Å²) in [5.41, 5.74) is -1.13. The van der Waals surface area contributed by atoms with Gasteiger partial charge in [-0.15, -0.1) is 0 Å². The highest BCUT2D eigenvalue weighted by Crippen LogP contribution is 2.52. The molecule has 0 amide bonds. The molecule has 0 radical (unpaired) electrons. The van der Waals surface area contributed by atoms with Crippen LogP contribution in [0.2, 0.25) is 18.1 Å². The van der Waals surface area contributed by atoms with Crippen molar-refractivity contribution in [3.05, 3.63) is 70.3 Å². The van der Waals surface area contributed by atoms with E-state index in [9.17, 15) is 26.3 Å². The Morgan fingerprint density at radius 1 is 0.766 bits per heavy atom. The molecule has 2 aromatic carbocycles. The smallest absolute Gasteiger partial charge is 0.399 e. The molecule has 0 bridgehead atoms. The molecule has 3 nitrogen and oxygen atoms in total. The van der Waals surface area contributed by atoms with Crippen LogP contribution in [0.3, 0.4) is 0 Å². The van der Waals surface area contributed by atoms with Crippen molar-refractivity contribution in [3.8, 4) is 0 Å². The number of hydrogen-bond donors (Lipinski definition) is 0. The fraction of sp³-hybridized carbons (Fsp3) is 0.611. The van der Waals surface area contributed by atoms with E-state index < -0.39 is 55.0 Å². The lowest BCUT2D eigenvalue weighted by molar-refractivity contribution is -0.341. The third-order valence-corrected chi connectivity index (χ3v) is 15.4. The molecule has 11 heteroatoms. The van der Waals surface area contributed by atoms with Gasteiger partial charge in [0.05, 0.1) is 11.2 Å². The average molecular weight is 685 g/mol. The van der Waals surface area contributed by atoms with E-state index in [4.69, 9.17) is 13.7 Å². The second kappa shape index (κ2) is 12.7. The van der Waals surface area contributed by atoms with Gasteiger partial charge in [-0.05, 0) is 106 Å². The molecule has 262 valence electrons. The van der Waals surface area contributed by atoms with Crippen molar-refractivity contribution in [2.75, 3.05) is 0 Å². The average Bonchev–Trinajstić information content (AvgIpc) is 3.12. The number of halogens is 6. The minimum atomic E-state index is -5.73. The number of alkyl halides is 6. The molecule has 0 spiro atoms. The molecule has 3 rings (SSSR count). The number of hydrogen-bond acceptors (Lipinski definition) is 3. The zero-order valence-electron chi connectivity index (χ0n) is 30.1. The van der Waals surface area contributed by atoms with Gasteiger partial charge < -0.3 is 13.7 Å². The van der Waals surface area contributed by atoms with Gasteiger partial charge in [0.2, 0.25) is 0 Å². The summed E-state index contributed by atoms with van der Waals surface area (Å²) in [6, 6.07) is 11.5. The fourth-order valence-corrected chi connectivity index (χ4v) is 7.27. The highest BCUT2D eigenvalue weighted by molar-refractivity contribution is 6.74. The lowest BCUT2D eigenvalue weighted by Gasteiger charge is -2.45. The molecule has 0 atom stereocenters. The van der Waals surface area contributed by atoms with Crippen molar-refractivity contribution in [1.82, 2.24) is 0 Å². The monoisotopic (exact) mass is 684 g/mol. The van der Waals surface area contributed by atoms with Gasteiger partial charge in [0.25, 0.3) is 5.60 Å². The van der Waals surface area contributed by atoms with Crippen LogP contribution in [0.1, 0.15) is 103 Å². The first-order valence-corrected chi connectivity index (χ1v) is 19.1. The summed E-state index contributed by atoms with van der Waals surface area (Å²) in [6.07, 6.45) is -8.96. The van der Waals surface area contributed by atoms with Gasteiger partial charge in [-0.2, -0.15) is 26.3 Å². The van der Waals surface area contributed by atoms with Gasteiger partial charge in [0, 0.05) is 5.41 Å². The molecule has 0 aliphatic carbocycles. The SMILES string of the molecule is CCC(CC)(c1ccc(/C=C/C(O[Si](C)(C)C(C)(C)C)(C(F)(F)F)C(F)(F)F)c(C)c1)c1ccc(B2OC(C)(C)C(C)(C)O2)c(C)c1. The first-order valence-electron chi connectivity index (χ1n) is 16.2. The Bertz CT molecular complexity index is 1440. The molecule has 47 heavy (non-hydrogen) atoms. The van der Waals surface area contributed by atoms with Gasteiger partial charge >= 0.3 is 19.5 Å². The van der Waals surface area contributed by atoms with Crippen LogP contribution >= 0.6 is 0 Å². The summed E-state index contributed by atoms with van der Waals surface area (Å²) in [6.45, 7) is 23.4. The fourth-order valence-electron chi connectivity index (χ4n) is 5.86. The van der Waals surface area contributed by atoms with Crippen molar-refractivity contribution in [2.24, 2.45) is 0 Å². The van der Waals surface area contributed by atoms with Gasteiger partial charge in [-0.3, -0.25) is 0 Å². The molecular formula is C36H51BF6O3Si. The summed E-state index contributed by atoms with van der Waals surface area (Å²) in [7, 11) is -4.04. The van der Waals surface area contributed by atoms with E-state index in [0.717, 1.165) is 41.1 Å². The quantitative estimate of drug-likeness (QED) is 0.194. The van der Waals surface area contributed by atoms with E-state index in [1.54, 1.807) is 39.8 Å². The van der Waals surface area contributed by atoms with Crippen molar-refractivity contribution in [3.63, 3.8) is 0 Å². The standard InChI is InChI=1S/C36H51BF6O3Si/c1-14-33(15-2,28-18-19-29(25(4)23-28)37-44-31(8,9)32(10,11)45-37)27-17-16-26(24(3)22-27)20-21-34(35(38,39)40,36(41,42)43)46-47(12,13)30(5,6)7/h16-23H,14-15H2,1-13H3/b21-20+. The van der Waals surface area contributed by atoms with Crippen LogP contribution in [0.25, 0.3) is 6.08 Å². The van der Waals surface area contributed by atoms with Crippen LogP contribution in [0, 0.1) is 13.8 Å². The van der Waals surface area contributed by atoms with Gasteiger partial charge in [-0.25, -0.2) is 0 Å². The molecule has 0 aromatic heterocycles. The van der Waals surface area contributed by atoms with Crippen molar-refractivity contribution >= 4 is 27.0 Å². The van der Waals surface area contributed by atoms with Crippen LogP contribution in [-0.4, -0.2) is 44.6 Å². The number of rotatable bonds is 9. The zero-order chi connectivity index (χ0) is 36.2. The summed E-state index contributed by atoms with van der Waals surface area (Å²) in [5.74, 6) is 0. The van der Waals surface area contributed by atoms with E-state index >= 15 is 0 Å². The summed E-state index contributed by atoms with van der Waals surface area (Å²) >= 11 is 0. The predicted molar refractivity (Wildman–Crippen MR) is 182 cm³/mol. The Morgan fingerprint density at radius 2 is 1.21 bits per heavy atom. The predicted octanol–water partition coefficient (Wildman–Crippen LogP) is 10.6. The van der Waals surface area contributed by atoms with E-state index in [1.165, 1.54) is 13.1 Å². The third-order valence-electron chi connectivity index (χ3n) is 10.9. The molecule has 1 aliphatic rings. The summed E-state index contributed by atoms with van der Waals surface area (Å²) < 4.78 is 104. The van der Waals surface area contributed by atoms with Gasteiger partial charge in [-0.1, -0.05) is 82.7 Å². The van der Waals surface area contributed by atoms with Crippen LogP contribution in [-0.2, 0) is 19.1 Å². The van der Waals surface area contributed by atoms with E-state index in [1.807, 2.05) is 46.8 Å². The first kappa shape index (κ1) is 39.4. The Balaban J connectivity index is 2.07. The lowest BCUT2D eigenvalue weighted by Crippen LogP contribution is -2.63. The number of benzene rings is 2. The Hall–Kier alpha value is -2.08. The van der Waals surface area contributed by atoms with Crippen molar-refractivity contribution < 1.29 is 40.1 Å². The zero-order valence-corrected chi connectivity index (χ0v) is 31.1. The maximum absolute atomic E-state index is 14.4. The van der Waals surface area contributed by atoms with Crippen molar-refractivity contribution in [1.29, 1.82) is 0 Å². The highest BCUT2D eigenvalue weighted by Gasteiger charge is 2.72. The van der Waals surface area contributed by atoms with Crippen LogP contribution < -0.4 is 5.46 Å². The van der Waals surface area contributed by atoms with Crippen LogP contribution in [0.15, 0.2) is 42.5 Å². The maximum atomic E-state index is 14.4. The molecule has 0 unspecified atom stereocenters. The Kier molecular flexibility index (Phi) is 10.6. The molecule has 1 heterocycles. The second-order valence-corrected chi connectivity index (χ2v) is 20.2. The molecule has 1 saturated heterocycles.